The number of hydrogen-bond acceptors (Lipinski definition) is 10. The van der Waals surface area contributed by atoms with E-state index < -0.39 is 52.1 Å². The molecule has 0 saturated heterocycles. The number of unbranched alkanes of at least 4 members (excludes halogenated alkanes) is 1. The standard InChI is InChI=1S/C33H43NO9/c1-7-8-14-39-25-11-12-31(4)24(32(25,5)18-40-19(2)35)16-26(41-20(3)36)33(6)29(31)28(37)27-23(43-33)15-22(42-30(27)38)21-10-9-13-34-17-21/h9-10,13,15,17,24-26,28-29,37H,7-8,11-12,14,16,18H2,1-6H3/t24?,25-,26-,28-,29?,31-,32?,33+/m0/s1. The topological polar surface area (TPSA) is 134 Å². The molecule has 0 amide bonds. The predicted octanol–water partition coefficient (Wildman–Crippen LogP) is 5.01. The Hall–Kier alpha value is -3.24. The normalized spacial score (nSPS) is 34.6. The van der Waals surface area contributed by atoms with Gasteiger partial charge in [-0.05, 0) is 56.1 Å². The van der Waals surface area contributed by atoms with Crippen molar-refractivity contribution in [2.75, 3.05) is 13.2 Å². The zero-order chi connectivity index (χ0) is 31.2. The van der Waals surface area contributed by atoms with Gasteiger partial charge >= 0.3 is 17.6 Å². The number of aliphatic hydroxyl groups is 1. The second kappa shape index (κ2) is 11.7. The number of carbonyl (C=O) groups excluding carboxylic acids is 2. The van der Waals surface area contributed by atoms with Gasteiger partial charge in [-0.15, -0.1) is 0 Å². The van der Waals surface area contributed by atoms with Gasteiger partial charge in [0.05, 0.1) is 18.8 Å². The van der Waals surface area contributed by atoms with Crippen molar-refractivity contribution < 1.29 is 38.1 Å². The second-order valence-electron chi connectivity index (χ2n) is 13.1. The van der Waals surface area contributed by atoms with E-state index in [1.54, 1.807) is 30.6 Å². The van der Waals surface area contributed by atoms with Crippen LogP contribution in [0.4, 0.5) is 0 Å². The molecule has 0 spiro atoms. The van der Waals surface area contributed by atoms with E-state index in [-0.39, 0.29) is 35.7 Å². The Labute approximate surface area is 252 Å². The number of aliphatic hydroxyl groups excluding tert-OH is 1. The van der Waals surface area contributed by atoms with Gasteiger partial charge in [-0.3, -0.25) is 14.6 Å². The summed E-state index contributed by atoms with van der Waals surface area (Å²) in [6, 6.07) is 5.09. The van der Waals surface area contributed by atoms with Crippen molar-refractivity contribution in [1.29, 1.82) is 0 Å². The van der Waals surface area contributed by atoms with E-state index >= 15 is 0 Å². The quantitative estimate of drug-likeness (QED) is 0.327. The number of hydrogen-bond donors (Lipinski definition) is 1. The molecule has 2 aliphatic carbocycles. The Balaban J connectivity index is 1.63. The number of fused-ring (bicyclic) bond motifs is 4. The lowest BCUT2D eigenvalue weighted by molar-refractivity contribution is -0.273. The van der Waals surface area contributed by atoms with E-state index in [1.165, 1.54) is 13.8 Å². The van der Waals surface area contributed by atoms with Crippen LogP contribution in [0.25, 0.3) is 11.3 Å². The molecule has 8 atom stereocenters. The van der Waals surface area contributed by atoms with Gasteiger partial charge in [0, 0.05) is 55.8 Å². The van der Waals surface area contributed by atoms with E-state index in [0.29, 0.717) is 31.4 Å². The molecular formula is C33H43NO9. The Morgan fingerprint density at radius 1 is 1.16 bits per heavy atom. The summed E-state index contributed by atoms with van der Waals surface area (Å²) >= 11 is 0. The van der Waals surface area contributed by atoms with Gasteiger partial charge in [0.1, 0.15) is 28.8 Å². The minimum atomic E-state index is -1.27. The molecule has 43 heavy (non-hydrogen) atoms. The van der Waals surface area contributed by atoms with Crippen LogP contribution in [0.1, 0.15) is 85.3 Å². The van der Waals surface area contributed by atoms with Crippen LogP contribution >= 0.6 is 0 Å². The molecule has 3 heterocycles. The van der Waals surface area contributed by atoms with Crippen molar-refractivity contribution in [2.24, 2.45) is 22.7 Å². The molecule has 1 aliphatic heterocycles. The molecule has 0 aromatic carbocycles. The van der Waals surface area contributed by atoms with Crippen LogP contribution in [0.5, 0.6) is 5.75 Å². The maximum Gasteiger partial charge on any atom is 0.345 e. The smallest absolute Gasteiger partial charge is 0.345 e. The van der Waals surface area contributed by atoms with E-state index in [9.17, 15) is 19.5 Å². The predicted molar refractivity (Wildman–Crippen MR) is 156 cm³/mol. The average molecular weight is 598 g/mol. The van der Waals surface area contributed by atoms with Crippen molar-refractivity contribution >= 4 is 11.9 Å². The highest BCUT2D eigenvalue weighted by Gasteiger charge is 2.70. The van der Waals surface area contributed by atoms with Crippen LogP contribution in [-0.2, 0) is 23.8 Å². The van der Waals surface area contributed by atoms with Gasteiger partial charge in [0.15, 0.2) is 0 Å². The Bertz CT molecular complexity index is 1410. The number of ether oxygens (including phenoxy) is 4. The SMILES string of the molecule is CCCCO[C@H]1CC[C@@]2(C)C(C[C@H](OC(C)=O)[C@@]3(C)Oc4cc(-c5cccnc5)oc(=O)c4[C@H](O)C23)C1(C)COC(C)=O. The highest BCUT2D eigenvalue weighted by atomic mass is 16.6. The Kier molecular flexibility index (Phi) is 8.48. The molecule has 234 valence electrons. The maximum atomic E-state index is 13.5. The van der Waals surface area contributed by atoms with E-state index in [0.717, 1.165) is 12.8 Å². The van der Waals surface area contributed by atoms with Crippen molar-refractivity contribution in [2.45, 2.75) is 97.6 Å². The summed E-state index contributed by atoms with van der Waals surface area (Å²) < 4.78 is 30.5. The molecule has 2 aromatic rings. The number of pyridine rings is 1. The third-order valence-electron chi connectivity index (χ3n) is 10.2. The third-order valence-corrected chi connectivity index (χ3v) is 10.2. The zero-order valence-corrected chi connectivity index (χ0v) is 25.9. The highest BCUT2D eigenvalue weighted by Crippen LogP contribution is 2.67. The van der Waals surface area contributed by atoms with E-state index in [1.807, 2.05) is 6.92 Å². The minimum Gasteiger partial charge on any atom is -0.482 e. The van der Waals surface area contributed by atoms with E-state index in [4.69, 9.17) is 23.4 Å². The fraction of sp³-hybridized carbons (Fsp3) is 0.636. The summed E-state index contributed by atoms with van der Waals surface area (Å²) in [7, 11) is 0. The molecule has 3 unspecified atom stereocenters. The first-order chi connectivity index (χ1) is 20.3. The van der Waals surface area contributed by atoms with Gasteiger partial charge in [0.25, 0.3) is 0 Å². The Morgan fingerprint density at radius 3 is 2.58 bits per heavy atom. The largest absolute Gasteiger partial charge is 0.482 e. The van der Waals surface area contributed by atoms with Gasteiger partial charge in [-0.1, -0.05) is 27.2 Å². The average Bonchev–Trinajstić information content (AvgIpc) is 2.94. The summed E-state index contributed by atoms with van der Waals surface area (Å²) in [5, 5.41) is 12.1. The molecule has 2 saturated carbocycles. The Morgan fingerprint density at radius 2 is 1.93 bits per heavy atom. The van der Waals surface area contributed by atoms with Gasteiger partial charge in [-0.2, -0.15) is 0 Å². The molecular weight excluding hydrogens is 554 g/mol. The second-order valence-corrected chi connectivity index (χ2v) is 13.1. The fourth-order valence-electron chi connectivity index (χ4n) is 8.29. The van der Waals surface area contributed by atoms with Crippen molar-refractivity contribution in [1.82, 2.24) is 4.98 Å². The number of nitrogens with zero attached hydrogens (tertiary/aromatic N) is 1. The summed E-state index contributed by atoms with van der Waals surface area (Å²) in [4.78, 5) is 42.1. The number of esters is 2. The number of aromatic nitrogens is 1. The first kappa shape index (κ1) is 31.2. The summed E-state index contributed by atoms with van der Waals surface area (Å²) in [5.41, 5.74) is -2.52. The molecule has 2 aromatic heterocycles. The monoisotopic (exact) mass is 597 g/mol. The van der Waals surface area contributed by atoms with Crippen LogP contribution in [-0.4, -0.2) is 53.1 Å². The lowest BCUT2D eigenvalue weighted by atomic mass is 9.42. The first-order valence-corrected chi connectivity index (χ1v) is 15.2. The molecule has 0 radical (unpaired) electrons. The van der Waals surface area contributed by atoms with Gasteiger partial charge in [-0.25, -0.2) is 4.79 Å². The van der Waals surface area contributed by atoms with Gasteiger partial charge < -0.3 is 28.5 Å². The number of carbonyl (C=O) groups is 2. The third kappa shape index (κ3) is 5.37. The maximum absolute atomic E-state index is 13.5. The molecule has 0 bridgehead atoms. The molecule has 5 rings (SSSR count). The summed E-state index contributed by atoms with van der Waals surface area (Å²) in [5.74, 6) is -1.29. The zero-order valence-electron chi connectivity index (χ0n) is 25.9. The molecule has 1 N–H and O–H groups in total. The molecule has 2 fully saturated rings. The van der Waals surface area contributed by atoms with Gasteiger partial charge in [0.2, 0.25) is 0 Å². The number of rotatable bonds is 8. The lowest BCUT2D eigenvalue weighted by Crippen LogP contribution is -2.71. The highest BCUT2D eigenvalue weighted by molar-refractivity contribution is 5.66. The summed E-state index contributed by atoms with van der Waals surface area (Å²) in [6.45, 7) is 11.5. The van der Waals surface area contributed by atoms with Crippen LogP contribution in [0.15, 0.2) is 39.8 Å². The lowest BCUT2D eigenvalue weighted by Gasteiger charge is -2.66. The summed E-state index contributed by atoms with van der Waals surface area (Å²) in [6.07, 6.45) is 4.54. The molecule has 10 nitrogen and oxygen atoms in total. The van der Waals surface area contributed by atoms with Crippen LogP contribution < -0.4 is 10.4 Å². The molecule has 10 heteroatoms. The minimum absolute atomic E-state index is 0.0431. The van der Waals surface area contributed by atoms with Crippen LogP contribution in [0.3, 0.4) is 0 Å². The van der Waals surface area contributed by atoms with Crippen molar-refractivity contribution in [3.63, 3.8) is 0 Å². The van der Waals surface area contributed by atoms with Crippen molar-refractivity contribution in [3.05, 3.63) is 46.6 Å². The van der Waals surface area contributed by atoms with E-state index in [2.05, 4.69) is 25.8 Å². The molecule has 3 aliphatic rings. The van der Waals surface area contributed by atoms with Crippen LogP contribution in [0.2, 0.25) is 0 Å². The first-order valence-electron chi connectivity index (χ1n) is 15.2. The fourth-order valence-corrected chi connectivity index (χ4v) is 8.29. The van der Waals surface area contributed by atoms with Crippen molar-refractivity contribution in [3.8, 4) is 17.1 Å². The van der Waals surface area contributed by atoms with Crippen LogP contribution in [0, 0.1) is 22.7 Å².